The molecule has 0 saturated heterocycles. The summed E-state index contributed by atoms with van der Waals surface area (Å²) in [5.74, 6) is -0.863. The number of nitrogens with zero attached hydrogens (tertiary/aromatic N) is 1. The van der Waals surface area contributed by atoms with E-state index in [4.69, 9.17) is 9.94 Å². The summed E-state index contributed by atoms with van der Waals surface area (Å²) >= 11 is 0. The molecule has 0 atom stereocenters. The predicted octanol–water partition coefficient (Wildman–Crippen LogP) is 2.00. The van der Waals surface area contributed by atoms with Crippen LogP contribution in [0, 0.1) is 0 Å². The van der Waals surface area contributed by atoms with E-state index >= 15 is 0 Å². The molecule has 5 heteroatoms. The van der Waals surface area contributed by atoms with Gasteiger partial charge < -0.3 is 5.11 Å². The van der Waals surface area contributed by atoms with E-state index in [0.717, 1.165) is 11.1 Å². The van der Waals surface area contributed by atoms with Crippen LogP contribution < -0.4 is 0 Å². The zero-order valence-electron chi connectivity index (χ0n) is 11.4. The third-order valence-electron chi connectivity index (χ3n) is 2.23. The lowest BCUT2D eigenvalue weighted by Crippen LogP contribution is -2.32. The molecule has 0 fully saturated rings. The fraction of sp³-hybridized carbons (Fsp3) is 0.429. The summed E-state index contributed by atoms with van der Waals surface area (Å²) in [6.45, 7) is 5.91. The number of carboxylic acids is 1. The van der Waals surface area contributed by atoms with Crippen LogP contribution in [0.4, 0.5) is 0 Å². The van der Waals surface area contributed by atoms with Crippen LogP contribution in [0.25, 0.3) is 0 Å². The van der Waals surface area contributed by atoms with E-state index in [9.17, 15) is 9.59 Å². The Kier molecular flexibility index (Phi) is 5.06. The molecular formula is C14H19NO4. The summed E-state index contributed by atoms with van der Waals surface area (Å²) in [6, 6.07) is 7.06. The first-order valence-corrected chi connectivity index (χ1v) is 6.01. The molecular weight excluding hydrogens is 246 g/mol. The average Bonchev–Trinajstić information content (AvgIpc) is 2.28. The van der Waals surface area contributed by atoms with Crippen LogP contribution in [0.3, 0.4) is 0 Å². The third-order valence-corrected chi connectivity index (χ3v) is 2.23. The number of amides is 1. The number of hydrogen-bond donors (Lipinski definition) is 1. The zero-order chi connectivity index (χ0) is 14.5. The van der Waals surface area contributed by atoms with Crippen molar-refractivity contribution in [3.05, 3.63) is 35.4 Å². The Hall–Kier alpha value is -1.88. The standard InChI is InChI=1S/C14H19NO4/c1-14(2,3)19-15(10-16)9-12-6-4-11(5-7-12)8-13(17)18/h4-7,10H,8-9H2,1-3H3,(H,17,18). The smallest absolute Gasteiger partial charge is 0.307 e. The van der Waals surface area contributed by atoms with Crippen LogP contribution in [0.15, 0.2) is 24.3 Å². The van der Waals surface area contributed by atoms with Crippen LogP contribution in [-0.2, 0) is 27.4 Å². The normalized spacial score (nSPS) is 11.1. The molecule has 0 radical (unpaired) electrons. The number of hydrogen-bond acceptors (Lipinski definition) is 3. The van der Waals surface area contributed by atoms with E-state index in [-0.39, 0.29) is 6.42 Å². The van der Waals surface area contributed by atoms with Gasteiger partial charge in [0.1, 0.15) is 0 Å². The van der Waals surface area contributed by atoms with Crippen LogP contribution in [0.5, 0.6) is 0 Å². The second-order valence-corrected chi connectivity index (χ2v) is 5.27. The van der Waals surface area contributed by atoms with E-state index in [1.54, 1.807) is 24.3 Å². The molecule has 19 heavy (non-hydrogen) atoms. The Bertz CT molecular complexity index is 434. The quantitative estimate of drug-likeness (QED) is 0.631. The van der Waals surface area contributed by atoms with Gasteiger partial charge in [0.2, 0.25) is 6.41 Å². The van der Waals surface area contributed by atoms with E-state index in [2.05, 4.69) is 0 Å². The Morgan fingerprint density at radius 2 is 1.79 bits per heavy atom. The Labute approximate surface area is 112 Å². The minimum atomic E-state index is -0.863. The van der Waals surface area contributed by atoms with Gasteiger partial charge in [0.05, 0.1) is 18.6 Å². The van der Waals surface area contributed by atoms with Crippen LogP contribution >= 0.6 is 0 Å². The summed E-state index contributed by atoms with van der Waals surface area (Å²) in [5, 5.41) is 9.90. The van der Waals surface area contributed by atoms with Crippen molar-refractivity contribution in [1.29, 1.82) is 0 Å². The van der Waals surface area contributed by atoms with E-state index in [1.165, 1.54) is 5.06 Å². The van der Waals surface area contributed by atoms with Gasteiger partial charge in [0.25, 0.3) is 0 Å². The highest BCUT2D eigenvalue weighted by atomic mass is 16.7. The van der Waals surface area contributed by atoms with Gasteiger partial charge in [-0.3, -0.25) is 14.4 Å². The molecule has 1 aromatic carbocycles. The molecule has 104 valence electrons. The van der Waals surface area contributed by atoms with Crippen molar-refractivity contribution >= 4 is 12.4 Å². The van der Waals surface area contributed by atoms with Crippen molar-refractivity contribution in [2.24, 2.45) is 0 Å². The topological polar surface area (TPSA) is 66.8 Å². The number of hydroxylamine groups is 2. The van der Waals surface area contributed by atoms with Gasteiger partial charge in [-0.05, 0) is 31.9 Å². The lowest BCUT2D eigenvalue weighted by Gasteiger charge is -2.26. The summed E-state index contributed by atoms with van der Waals surface area (Å²) in [5.41, 5.74) is 1.17. The van der Waals surface area contributed by atoms with Gasteiger partial charge in [-0.1, -0.05) is 24.3 Å². The molecule has 5 nitrogen and oxygen atoms in total. The number of carbonyl (C=O) groups is 2. The van der Waals surface area contributed by atoms with Crippen molar-refractivity contribution in [2.75, 3.05) is 0 Å². The van der Waals surface area contributed by atoms with Crippen LogP contribution in [-0.4, -0.2) is 28.2 Å². The summed E-state index contributed by atoms with van der Waals surface area (Å²) < 4.78 is 0. The largest absolute Gasteiger partial charge is 0.481 e. The minimum Gasteiger partial charge on any atom is -0.481 e. The van der Waals surface area contributed by atoms with Crippen molar-refractivity contribution < 1.29 is 19.5 Å². The molecule has 1 rings (SSSR count). The van der Waals surface area contributed by atoms with E-state index < -0.39 is 11.6 Å². The highest BCUT2D eigenvalue weighted by molar-refractivity contribution is 5.70. The number of rotatable bonds is 6. The van der Waals surface area contributed by atoms with Crippen molar-refractivity contribution in [3.8, 4) is 0 Å². The van der Waals surface area contributed by atoms with Gasteiger partial charge in [0.15, 0.2) is 0 Å². The number of aliphatic carboxylic acids is 1. The maximum absolute atomic E-state index is 10.9. The lowest BCUT2D eigenvalue weighted by molar-refractivity contribution is -0.220. The zero-order valence-corrected chi connectivity index (χ0v) is 11.4. The van der Waals surface area contributed by atoms with Gasteiger partial charge in [0, 0.05) is 0 Å². The van der Waals surface area contributed by atoms with E-state index in [0.29, 0.717) is 13.0 Å². The first-order valence-electron chi connectivity index (χ1n) is 6.01. The molecule has 0 bridgehead atoms. The average molecular weight is 265 g/mol. The SMILES string of the molecule is CC(C)(C)ON(C=O)Cc1ccc(CC(=O)O)cc1. The minimum absolute atomic E-state index is 0.00380. The molecule has 0 aliphatic rings. The third kappa shape index (κ3) is 6.01. The molecule has 1 N–H and O–H groups in total. The van der Waals surface area contributed by atoms with Crippen LogP contribution in [0.1, 0.15) is 31.9 Å². The number of carboxylic acid groups (broad SMARTS) is 1. The highest BCUT2D eigenvalue weighted by Gasteiger charge is 2.16. The maximum Gasteiger partial charge on any atom is 0.307 e. The lowest BCUT2D eigenvalue weighted by atomic mass is 10.1. The van der Waals surface area contributed by atoms with Crippen LogP contribution in [0.2, 0.25) is 0 Å². The van der Waals surface area contributed by atoms with Crippen molar-refractivity contribution in [3.63, 3.8) is 0 Å². The summed E-state index contributed by atoms with van der Waals surface area (Å²) in [4.78, 5) is 26.9. The highest BCUT2D eigenvalue weighted by Crippen LogP contribution is 2.13. The first-order chi connectivity index (χ1) is 8.80. The molecule has 0 aromatic heterocycles. The molecule has 0 unspecified atom stereocenters. The molecule has 0 heterocycles. The van der Waals surface area contributed by atoms with Gasteiger partial charge in [-0.15, -0.1) is 0 Å². The fourth-order valence-corrected chi connectivity index (χ4v) is 1.56. The Morgan fingerprint density at radius 3 is 2.21 bits per heavy atom. The Balaban J connectivity index is 2.65. The maximum atomic E-state index is 10.9. The van der Waals surface area contributed by atoms with E-state index in [1.807, 2.05) is 20.8 Å². The van der Waals surface area contributed by atoms with Crippen molar-refractivity contribution in [2.45, 2.75) is 39.3 Å². The number of carbonyl (C=O) groups excluding carboxylic acids is 1. The fourth-order valence-electron chi connectivity index (χ4n) is 1.56. The van der Waals surface area contributed by atoms with Crippen molar-refractivity contribution in [1.82, 2.24) is 5.06 Å². The molecule has 0 aliphatic carbocycles. The molecule has 0 saturated carbocycles. The van der Waals surface area contributed by atoms with Gasteiger partial charge in [-0.25, -0.2) is 5.06 Å². The molecule has 0 spiro atoms. The second-order valence-electron chi connectivity index (χ2n) is 5.27. The molecule has 1 aromatic rings. The molecule has 0 aliphatic heterocycles. The molecule has 1 amide bonds. The Morgan fingerprint density at radius 1 is 1.26 bits per heavy atom. The monoisotopic (exact) mass is 265 g/mol. The second kappa shape index (κ2) is 6.33. The van der Waals surface area contributed by atoms with Gasteiger partial charge >= 0.3 is 5.97 Å². The first kappa shape index (κ1) is 15.2. The summed E-state index contributed by atoms with van der Waals surface area (Å²) in [6.07, 6.45) is 0.632. The summed E-state index contributed by atoms with van der Waals surface area (Å²) in [7, 11) is 0. The number of benzene rings is 1. The predicted molar refractivity (Wildman–Crippen MR) is 70.2 cm³/mol. The van der Waals surface area contributed by atoms with Gasteiger partial charge in [-0.2, -0.15) is 0 Å².